The number of hydrogen-bond acceptors (Lipinski definition) is 0. The third-order valence-electron chi connectivity index (χ3n) is 1.76. The van der Waals surface area contributed by atoms with Gasteiger partial charge in [0.2, 0.25) is 0 Å². The quantitative estimate of drug-likeness (QED) is 0.580. The minimum Gasteiger partial charge on any atom is -0.0925 e. The molecule has 1 aromatic carbocycles. The van der Waals surface area contributed by atoms with Crippen molar-refractivity contribution in [2.75, 3.05) is 5.33 Å². The van der Waals surface area contributed by atoms with Crippen LogP contribution in [0.2, 0.25) is 0 Å². The molecule has 0 aromatic heterocycles. The fourth-order valence-electron chi connectivity index (χ4n) is 1.08. The Bertz CT molecular complexity index is 230. The third kappa shape index (κ3) is 3.44. The molecule has 0 spiro atoms. The molecule has 0 heterocycles. The van der Waals surface area contributed by atoms with Gasteiger partial charge in [-0.15, -0.1) is 0 Å². The van der Waals surface area contributed by atoms with Crippen LogP contribution in [0.1, 0.15) is 12.5 Å². The van der Waals surface area contributed by atoms with Gasteiger partial charge in [-0.25, -0.2) is 0 Å². The van der Waals surface area contributed by atoms with Crippen molar-refractivity contribution in [3.05, 3.63) is 33.4 Å². The van der Waals surface area contributed by atoms with Crippen LogP contribution in [0.3, 0.4) is 0 Å². The van der Waals surface area contributed by atoms with E-state index in [2.05, 4.69) is 69.7 Å². The summed E-state index contributed by atoms with van der Waals surface area (Å²) < 4.78 is 1.31. The average Bonchev–Trinajstić information content (AvgIpc) is 2.09. The maximum atomic E-state index is 3.49. The molecule has 1 rings (SSSR count). The summed E-state index contributed by atoms with van der Waals surface area (Å²) in [5.41, 5.74) is 1.43. The first kappa shape index (κ1) is 10.5. The molecule has 0 fully saturated rings. The first-order valence-corrected chi connectivity index (χ1v) is 6.23. The zero-order chi connectivity index (χ0) is 8.97. The molecule has 2 heteroatoms. The molecule has 0 N–H and O–H groups in total. The summed E-state index contributed by atoms with van der Waals surface area (Å²) in [4.78, 5) is 0. The van der Waals surface area contributed by atoms with Crippen LogP contribution >= 0.6 is 38.5 Å². The predicted octanol–water partition coefficient (Wildman–Crippen LogP) is 3.86. The molecule has 0 aliphatic heterocycles. The topological polar surface area (TPSA) is 0 Å². The van der Waals surface area contributed by atoms with Crippen LogP contribution in [0, 0.1) is 9.49 Å². The van der Waals surface area contributed by atoms with E-state index in [0.29, 0.717) is 0 Å². The van der Waals surface area contributed by atoms with Gasteiger partial charge < -0.3 is 0 Å². The summed E-state index contributed by atoms with van der Waals surface area (Å²) in [6, 6.07) is 8.75. The Morgan fingerprint density at radius 1 is 1.33 bits per heavy atom. The SMILES string of the molecule is CC(CBr)Cc1ccc(I)cc1. The van der Waals surface area contributed by atoms with E-state index in [9.17, 15) is 0 Å². The summed E-state index contributed by atoms with van der Waals surface area (Å²) in [5, 5.41) is 1.08. The predicted molar refractivity (Wildman–Crippen MR) is 65.8 cm³/mol. The minimum absolute atomic E-state index is 0.727. The molecule has 0 saturated carbocycles. The Morgan fingerprint density at radius 2 is 1.92 bits per heavy atom. The largest absolute Gasteiger partial charge is 0.0925 e. The van der Waals surface area contributed by atoms with Gasteiger partial charge >= 0.3 is 0 Å². The monoisotopic (exact) mass is 338 g/mol. The number of benzene rings is 1. The third-order valence-corrected chi connectivity index (χ3v) is 3.59. The van der Waals surface area contributed by atoms with Gasteiger partial charge in [0.25, 0.3) is 0 Å². The normalized spacial score (nSPS) is 12.9. The Balaban J connectivity index is 2.58. The van der Waals surface area contributed by atoms with Crippen molar-refractivity contribution < 1.29 is 0 Å². The highest BCUT2D eigenvalue weighted by Crippen LogP contribution is 2.12. The summed E-state index contributed by atoms with van der Waals surface area (Å²) in [5.74, 6) is 0.727. The minimum atomic E-state index is 0.727. The summed E-state index contributed by atoms with van der Waals surface area (Å²) in [7, 11) is 0. The molecule has 1 atom stereocenters. The van der Waals surface area contributed by atoms with E-state index in [4.69, 9.17) is 0 Å². The first-order chi connectivity index (χ1) is 5.72. The maximum absolute atomic E-state index is 3.49. The summed E-state index contributed by atoms with van der Waals surface area (Å²) >= 11 is 5.82. The van der Waals surface area contributed by atoms with Crippen molar-refractivity contribution in [2.24, 2.45) is 5.92 Å². The molecule has 1 aromatic rings. The van der Waals surface area contributed by atoms with Gasteiger partial charge in [0.15, 0.2) is 0 Å². The van der Waals surface area contributed by atoms with Gasteiger partial charge in [0.05, 0.1) is 0 Å². The van der Waals surface area contributed by atoms with E-state index in [1.165, 1.54) is 15.6 Å². The van der Waals surface area contributed by atoms with E-state index < -0.39 is 0 Å². The maximum Gasteiger partial charge on any atom is 0.0130 e. The fourth-order valence-corrected chi connectivity index (χ4v) is 1.67. The highest BCUT2D eigenvalue weighted by molar-refractivity contribution is 14.1. The fraction of sp³-hybridized carbons (Fsp3) is 0.400. The average molecular weight is 339 g/mol. The molecule has 0 aliphatic rings. The van der Waals surface area contributed by atoms with Crippen molar-refractivity contribution in [2.45, 2.75) is 13.3 Å². The van der Waals surface area contributed by atoms with Crippen molar-refractivity contribution in [3.63, 3.8) is 0 Å². The summed E-state index contributed by atoms with van der Waals surface area (Å²) in [6.07, 6.45) is 1.17. The van der Waals surface area contributed by atoms with Gasteiger partial charge in [-0.05, 0) is 52.6 Å². The zero-order valence-electron chi connectivity index (χ0n) is 7.06. The Labute approximate surface area is 96.0 Å². The molecular formula is C10H12BrI. The lowest BCUT2D eigenvalue weighted by Crippen LogP contribution is -2.00. The first-order valence-electron chi connectivity index (χ1n) is 4.03. The highest BCUT2D eigenvalue weighted by atomic mass is 127. The van der Waals surface area contributed by atoms with Crippen LogP contribution in [0.4, 0.5) is 0 Å². The van der Waals surface area contributed by atoms with Crippen molar-refractivity contribution in [1.82, 2.24) is 0 Å². The van der Waals surface area contributed by atoms with Crippen LogP contribution in [0.25, 0.3) is 0 Å². The second-order valence-electron chi connectivity index (χ2n) is 3.09. The molecule has 0 radical (unpaired) electrons. The van der Waals surface area contributed by atoms with Gasteiger partial charge in [-0.2, -0.15) is 0 Å². The van der Waals surface area contributed by atoms with Crippen LogP contribution in [-0.4, -0.2) is 5.33 Å². The van der Waals surface area contributed by atoms with Gasteiger partial charge in [-0.3, -0.25) is 0 Å². The van der Waals surface area contributed by atoms with Gasteiger partial charge in [0.1, 0.15) is 0 Å². The van der Waals surface area contributed by atoms with Crippen molar-refractivity contribution >= 4 is 38.5 Å². The van der Waals surface area contributed by atoms with Crippen LogP contribution < -0.4 is 0 Å². The van der Waals surface area contributed by atoms with E-state index in [1.807, 2.05) is 0 Å². The molecular weight excluding hydrogens is 327 g/mol. The lowest BCUT2D eigenvalue weighted by atomic mass is 10.0. The highest BCUT2D eigenvalue weighted by Gasteiger charge is 2.00. The second kappa shape index (κ2) is 5.22. The molecule has 0 bridgehead atoms. The van der Waals surface area contributed by atoms with Gasteiger partial charge in [0, 0.05) is 8.90 Å². The summed E-state index contributed by atoms with van der Waals surface area (Å²) in [6.45, 7) is 2.26. The van der Waals surface area contributed by atoms with E-state index in [-0.39, 0.29) is 0 Å². The zero-order valence-corrected chi connectivity index (χ0v) is 10.8. The Morgan fingerprint density at radius 3 is 2.42 bits per heavy atom. The second-order valence-corrected chi connectivity index (χ2v) is 4.98. The van der Waals surface area contributed by atoms with E-state index >= 15 is 0 Å². The molecule has 66 valence electrons. The number of hydrogen-bond donors (Lipinski definition) is 0. The number of rotatable bonds is 3. The van der Waals surface area contributed by atoms with Crippen molar-refractivity contribution in [1.29, 1.82) is 0 Å². The molecule has 0 amide bonds. The standard InChI is InChI=1S/C10H12BrI/c1-8(7-11)6-9-2-4-10(12)5-3-9/h2-5,8H,6-7H2,1H3. The van der Waals surface area contributed by atoms with E-state index in [0.717, 1.165) is 11.2 Å². The van der Waals surface area contributed by atoms with Crippen LogP contribution in [0.15, 0.2) is 24.3 Å². The number of halogens is 2. The molecule has 12 heavy (non-hydrogen) atoms. The number of alkyl halides is 1. The Kier molecular flexibility index (Phi) is 4.57. The molecule has 1 unspecified atom stereocenters. The lowest BCUT2D eigenvalue weighted by molar-refractivity contribution is 0.663. The van der Waals surface area contributed by atoms with E-state index in [1.54, 1.807) is 0 Å². The molecule has 0 aliphatic carbocycles. The lowest BCUT2D eigenvalue weighted by Gasteiger charge is -2.06. The Hall–Kier alpha value is 0.430. The molecule has 0 nitrogen and oxygen atoms in total. The van der Waals surface area contributed by atoms with Gasteiger partial charge in [-0.1, -0.05) is 35.0 Å². The molecule has 0 saturated heterocycles. The van der Waals surface area contributed by atoms with Crippen molar-refractivity contribution in [3.8, 4) is 0 Å². The van der Waals surface area contributed by atoms with Crippen LogP contribution in [-0.2, 0) is 6.42 Å². The smallest absolute Gasteiger partial charge is 0.0130 e. The van der Waals surface area contributed by atoms with Crippen LogP contribution in [0.5, 0.6) is 0 Å².